The van der Waals surface area contributed by atoms with Gasteiger partial charge in [0.2, 0.25) is 0 Å². The summed E-state index contributed by atoms with van der Waals surface area (Å²) in [5, 5.41) is 12.0. The van der Waals surface area contributed by atoms with Crippen LogP contribution in [0.1, 0.15) is 31.5 Å². The molecule has 2 aromatic heterocycles. The molecule has 30 heavy (non-hydrogen) atoms. The molecule has 2 N–H and O–H groups in total. The molecule has 2 unspecified atom stereocenters. The fourth-order valence-corrected chi connectivity index (χ4v) is 4.02. The van der Waals surface area contributed by atoms with E-state index in [1.807, 2.05) is 0 Å². The number of fused-ring (bicyclic) bond motifs is 1. The van der Waals surface area contributed by atoms with Crippen molar-refractivity contribution >= 4 is 22.5 Å². The lowest BCUT2D eigenvalue weighted by molar-refractivity contribution is -0.200. The molecule has 0 amide bonds. The number of nitrogens with zero attached hydrogens (tertiary/aromatic N) is 1. The summed E-state index contributed by atoms with van der Waals surface area (Å²) in [6, 6.07) is 6.30. The highest BCUT2D eigenvalue weighted by Gasteiger charge is 2.56. The summed E-state index contributed by atoms with van der Waals surface area (Å²) < 4.78 is 61.5. The fraction of sp³-hybridized carbons (Fsp3) is 0.381. The van der Waals surface area contributed by atoms with Crippen LogP contribution in [0.3, 0.4) is 0 Å². The predicted octanol–water partition coefficient (Wildman–Crippen LogP) is 5.57. The molecular weight excluding hydrogens is 424 g/mol. The van der Waals surface area contributed by atoms with Crippen LogP contribution in [0.5, 0.6) is 5.75 Å². The van der Waals surface area contributed by atoms with E-state index >= 15 is 0 Å². The van der Waals surface area contributed by atoms with Gasteiger partial charge in [-0.2, -0.15) is 13.2 Å². The zero-order valence-electron chi connectivity index (χ0n) is 16.6. The van der Waals surface area contributed by atoms with Crippen LogP contribution in [0.2, 0.25) is 5.15 Å². The lowest BCUT2D eigenvalue weighted by atomic mass is 9.72. The van der Waals surface area contributed by atoms with Crippen molar-refractivity contribution in [3.8, 4) is 5.75 Å². The summed E-state index contributed by atoms with van der Waals surface area (Å²) in [6.07, 6.45) is -4.07. The Morgan fingerprint density at radius 2 is 1.87 bits per heavy atom. The number of nitrogens with one attached hydrogen (secondary N) is 1. The van der Waals surface area contributed by atoms with Crippen molar-refractivity contribution in [2.75, 3.05) is 7.11 Å². The molecule has 0 aliphatic heterocycles. The maximum absolute atomic E-state index is 14.2. The van der Waals surface area contributed by atoms with E-state index in [0.29, 0.717) is 11.2 Å². The van der Waals surface area contributed by atoms with Gasteiger partial charge >= 0.3 is 6.18 Å². The summed E-state index contributed by atoms with van der Waals surface area (Å²) in [6.45, 7) is 2.26. The van der Waals surface area contributed by atoms with E-state index in [2.05, 4.69) is 9.97 Å². The summed E-state index contributed by atoms with van der Waals surface area (Å²) in [4.78, 5) is 6.98. The van der Waals surface area contributed by atoms with Crippen molar-refractivity contribution < 1.29 is 27.4 Å². The molecule has 3 aromatic rings. The molecule has 4 nitrogen and oxygen atoms in total. The van der Waals surface area contributed by atoms with Gasteiger partial charge in [0, 0.05) is 23.1 Å². The minimum absolute atomic E-state index is 0.0946. The van der Waals surface area contributed by atoms with Crippen LogP contribution in [0.15, 0.2) is 36.5 Å². The SMILES string of the molecule is COc1ccc(F)cc1C(C)(CC(C)(O)Cc1cc2cc(Cl)ncc2[nH]1)C(F)(F)F. The number of H-pyrrole nitrogens is 1. The molecule has 0 aliphatic rings. The maximum Gasteiger partial charge on any atom is 0.398 e. The van der Waals surface area contributed by atoms with Crippen LogP contribution in [0, 0.1) is 5.82 Å². The lowest BCUT2D eigenvalue weighted by Gasteiger charge is -2.39. The predicted molar refractivity (Wildman–Crippen MR) is 106 cm³/mol. The molecule has 2 atom stereocenters. The standard InChI is InChI=1S/C21H21ClF4N2O2/c1-19(29,9-14-6-12-7-18(22)27-10-16(12)28-14)11-20(2,21(24,25)26)15-8-13(23)4-5-17(15)30-3/h4-8,10,28-29H,9,11H2,1-3H3. The highest BCUT2D eigenvalue weighted by Crippen LogP contribution is 2.49. The van der Waals surface area contributed by atoms with Crippen molar-refractivity contribution in [1.29, 1.82) is 0 Å². The minimum Gasteiger partial charge on any atom is -0.496 e. The number of pyridine rings is 1. The van der Waals surface area contributed by atoms with Gasteiger partial charge in [0.1, 0.15) is 16.7 Å². The Morgan fingerprint density at radius 1 is 1.17 bits per heavy atom. The second kappa shape index (κ2) is 7.74. The minimum atomic E-state index is -4.77. The molecule has 162 valence electrons. The van der Waals surface area contributed by atoms with E-state index in [-0.39, 0.29) is 22.9 Å². The van der Waals surface area contributed by atoms with Crippen molar-refractivity contribution in [2.45, 2.75) is 43.9 Å². The van der Waals surface area contributed by atoms with Gasteiger partial charge in [-0.3, -0.25) is 0 Å². The molecule has 0 bridgehead atoms. The Morgan fingerprint density at radius 3 is 2.50 bits per heavy atom. The molecule has 9 heteroatoms. The number of rotatable bonds is 6. The van der Waals surface area contributed by atoms with Gasteiger partial charge in [-0.05, 0) is 50.6 Å². The first kappa shape index (κ1) is 22.4. The third-order valence-corrected chi connectivity index (χ3v) is 5.42. The van der Waals surface area contributed by atoms with Crippen LogP contribution < -0.4 is 4.74 Å². The number of aliphatic hydroxyl groups is 1. The van der Waals surface area contributed by atoms with Crippen LogP contribution in [-0.2, 0) is 11.8 Å². The highest BCUT2D eigenvalue weighted by molar-refractivity contribution is 6.30. The molecule has 0 spiro atoms. The molecule has 0 aliphatic carbocycles. The van der Waals surface area contributed by atoms with Crippen LogP contribution >= 0.6 is 11.6 Å². The van der Waals surface area contributed by atoms with E-state index in [1.54, 1.807) is 12.1 Å². The number of benzene rings is 1. The number of ether oxygens (including phenoxy) is 1. The van der Waals surface area contributed by atoms with Crippen molar-refractivity contribution in [1.82, 2.24) is 9.97 Å². The van der Waals surface area contributed by atoms with Gasteiger partial charge < -0.3 is 14.8 Å². The van der Waals surface area contributed by atoms with Gasteiger partial charge in [-0.1, -0.05) is 11.6 Å². The smallest absolute Gasteiger partial charge is 0.398 e. The van der Waals surface area contributed by atoms with Crippen LogP contribution in [-0.4, -0.2) is 34.0 Å². The van der Waals surface area contributed by atoms with E-state index < -0.39 is 29.4 Å². The van der Waals surface area contributed by atoms with Crippen molar-refractivity contribution in [2.24, 2.45) is 0 Å². The molecule has 0 saturated carbocycles. The second-order valence-electron chi connectivity index (χ2n) is 7.91. The molecule has 2 heterocycles. The third kappa shape index (κ3) is 4.39. The molecular formula is C21H21ClF4N2O2. The number of halogens is 5. The van der Waals surface area contributed by atoms with Gasteiger partial charge in [-0.15, -0.1) is 0 Å². The monoisotopic (exact) mass is 444 g/mol. The maximum atomic E-state index is 14.2. The Bertz CT molecular complexity index is 1060. The fourth-order valence-electron chi connectivity index (χ4n) is 3.85. The quantitative estimate of drug-likeness (QED) is 0.386. The van der Waals surface area contributed by atoms with Gasteiger partial charge in [0.15, 0.2) is 0 Å². The number of aromatic nitrogens is 2. The molecule has 0 fully saturated rings. The lowest BCUT2D eigenvalue weighted by Crippen LogP contribution is -2.47. The first-order valence-corrected chi connectivity index (χ1v) is 9.49. The number of methoxy groups -OCH3 is 1. The Balaban J connectivity index is 1.98. The Kier molecular flexibility index (Phi) is 5.77. The summed E-state index contributed by atoms with van der Waals surface area (Å²) >= 11 is 5.87. The number of hydrogen-bond acceptors (Lipinski definition) is 3. The van der Waals surface area contributed by atoms with Crippen LogP contribution in [0.4, 0.5) is 17.6 Å². The first-order chi connectivity index (χ1) is 13.8. The first-order valence-electron chi connectivity index (χ1n) is 9.11. The molecule has 0 radical (unpaired) electrons. The Labute approximate surface area is 175 Å². The van der Waals surface area contributed by atoms with E-state index in [4.69, 9.17) is 16.3 Å². The van der Waals surface area contributed by atoms with Crippen LogP contribution in [0.25, 0.3) is 10.9 Å². The molecule has 1 aromatic carbocycles. The van der Waals surface area contributed by atoms with E-state index in [9.17, 15) is 22.7 Å². The van der Waals surface area contributed by atoms with Crippen molar-refractivity contribution in [3.63, 3.8) is 0 Å². The average molecular weight is 445 g/mol. The van der Waals surface area contributed by atoms with Gasteiger partial charge in [0.25, 0.3) is 0 Å². The van der Waals surface area contributed by atoms with E-state index in [1.165, 1.54) is 20.2 Å². The number of alkyl halides is 3. The second-order valence-corrected chi connectivity index (χ2v) is 8.30. The van der Waals surface area contributed by atoms with Gasteiger partial charge in [-0.25, -0.2) is 9.37 Å². The summed E-state index contributed by atoms with van der Waals surface area (Å²) in [5.74, 6) is -0.917. The number of aromatic amines is 1. The normalized spacial score (nSPS) is 16.3. The third-order valence-electron chi connectivity index (χ3n) is 5.21. The number of hydrogen-bond donors (Lipinski definition) is 2. The Hall–Kier alpha value is -2.32. The molecule has 3 rings (SSSR count). The highest BCUT2D eigenvalue weighted by atomic mass is 35.5. The van der Waals surface area contributed by atoms with E-state index in [0.717, 1.165) is 30.5 Å². The largest absolute Gasteiger partial charge is 0.496 e. The molecule has 0 saturated heterocycles. The average Bonchev–Trinajstić information content (AvgIpc) is 3.00. The van der Waals surface area contributed by atoms with Crippen molar-refractivity contribution in [3.05, 3.63) is 58.8 Å². The zero-order valence-corrected chi connectivity index (χ0v) is 17.3. The zero-order chi connectivity index (χ0) is 22.3. The topological polar surface area (TPSA) is 58.1 Å². The summed E-state index contributed by atoms with van der Waals surface area (Å²) in [5.41, 5.74) is -3.53. The van der Waals surface area contributed by atoms with Gasteiger partial charge in [0.05, 0.1) is 29.8 Å². The summed E-state index contributed by atoms with van der Waals surface area (Å²) in [7, 11) is 1.22.